The predicted octanol–water partition coefficient (Wildman–Crippen LogP) is 3.33. The van der Waals surface area contributed by atoms with E-state index in [2.05, 4.69) is 47.7 Å². The zero-order chi connectivity index (χ0) is 19.6. The summed E-state index contributed by atoms with van der Waals surface area (Å²) in [5, 5.41) is 6.43. The number of guanidine groups is 1. The topological polar surface area (TPSA) is 66.0 Å². The Bertz CT molecular complexity index is 645. The van der Waals surface area contributed by atoms with Crippen LogP contribution in [0.25, 0.3) is 0 Å². The first-order valence-electron chi connectivity index (χ1n) is 9.94. The lowest BCUT2D eigenvalue weighted by molar-refractivity contribution is -0.127. The van der Waals surface area contributed by atoms with Crippen molar-refractivity contribution >= 4 is 35.8 Å². The Kier molecular flexibility index (Phi) is 11.3. The number of aliphatic imine (C=N–C) groups is 1. The van der Waals surface area contributed by atoms with E-state index in [1.807, 2.05) is 0 Å². The maximum absolute atomic E-state index is 11.9. The van der Waals surface area contributed by atoms with E-state index >= 15 is 0 Å². The SMILES string of the molecule is CCCCNC(=NCc1ccc(C)cc1OCC1CC1)NCC(=O)N(C)C.I. The lowest BCUT2D eigenvalue weighted by Gasteiger charge is -2.15. The smallest absolute Gasteiger partial charge is 0.241 e. The number of ether oxygens (including phenoxy) is 1. The Labute approximate surface area is 186 Å². The maximum atomic E-state index is 11.9. The molecule has 0 unspecified atom stereocenters. The third-order valence-electron chi connectivity index (χ3n) is 4.53. The van der Waals surface area contributed by atoms with Gasteiger partial charge in [0.25, 0.3) is 0 Å². The number of rotatable bonds is 10. The van der Waals surface area contributed by atoms with Crippen LogP contribution in [0, 0.1) is 12.8 Å². The molecule has 1 fully saturated rings. The van der Waals surface area contributed by atoms with Gasteiger partial charge in [-0.05, 0) is 43.7 Å². The van der Waals surface area contributed by atoms with E-state index in [1.54, 1.807) is 19.0 Å². The highest BCUT2D eigenvalue weighted by atomic mass is 127. The number of hydrogen-bond donors (Lipinski definition) is 2. The third-order valence-corrected chi connectivity index (χ3v) is 4.53. The number of benzene rings is 1. The average molecular weight is 502 g/mol. The van der Waals surface area contributed by atoms with Crippen molar-refractivity contribution in [3.05, 3.63) is 29.3 Å². The summed E-state index contributed by atoms with van der Waals surface area (Å²) in [6.07, 6.45) is 4.71. The number of nitrogens with zero attached hydrogens (tertiary/aromatic N) is 2. The van der Waals surface area contributed by atoms with Gasteiger partial charge in [0.15, 0.2) is 5.96 Å². The molecule has 1 aliphatic rings. The first-order valence-corrected chi connectivity index (χ1v) is 9.94. The van der Waals surface area contributed by atoms with Gasteiger partial charge in [-0.3, -0.25) is 4.79 Å². The van der Waals surface area contributed by atoms with Gasteiger partial charge in [-0.1, -0.05) is 25.5 Å². The molecule has 2 rings (SSSR count). The van der Waals surface area contributed by atoms with E-state index < -0.39 is 0 Å². The van der Waals surface area contributed by atoms with E-state index in [4.69, 9.17) is 4.74 Å². The molecule has 1 aromatic rings. The van der Waals surface area contributed by atoms with Gasteiger partial charge in [0.2, 0.25) is 5.91 Å². The fourth-order valence-corrected chi connectivity index (χ4v) is 2.46. The Morgan fingerprint density at radius 3 is 2.68 bits per heavy atom. The molecule has 0 saturated heterocycles. The van der Waals surface area contributed by atoms with Gasteiger partial charge in [-0.15, -0.1) is 24.0 Å². The van der Waals surface area contributed by atoms with Gasteiger partial charge in [0.1, 0.15) is 5.75 Å². The summed E-state index contributed by atoms with van der Waals surface area (Å²) in [7, 11) is 3.50. The first-order chi connectivity index (χ1) is 13.0. The number of nitrogens with one attached hydrogen (secondary N) is 2. The van der Waals surface area contributed by atoms with Crippen molar-refractivity contribution in [3.63, 3.8) is 0 Å². The molecule has 158 valence electrons. The second-order valence-corrected chi connectivity index (χ2v) is 7.45. The highest BCUT2D eigenvalue weighted by molar-refractivity contribution is 14.0. The molecule has 28 heavy (non-hydrogen) atoms. The lowest BCUT2D eigenvalue weighted by atomic mass is 10.1. The van der Waals surface area contributed by atoms with Gasteiger partial charge >= 0.3 is 0 Å². The zero-order valence-electron chi connectivity index (χ0n) is 17.6. The third kappa shape index (κ3) is 9.12. The summed E-state index contributed by atoms with van der Waals surface area (Å²) in [4.78, 5) is 18.1. The molecule has 2 N–H and O–H groups in total. The van der Waals surface area contributed by atoms with Gasteiger partial charge < -0.3 is 20.3 Å². The number of unbranched alkanes of at least 4 members (excludes halogenated alkanes) is 1. The number of halogens is 1. The first kappa shape index (κ1) is 24.5. The van der Waals surface area contributed by atoms with E-state index in [0.717, 1.165) is 37.3 Å². The minimum atomic E-state index is 0. The number of carbonyl (C=O) groups is 1. The molecular formula is C21H35IN4O2. The molecule has 1 saturated carbocycles. The standard InChI is InChI=1S/C21H34N4O2.HI/c1-5-6-11-22-21(24-14-20(26)25(3)4)23-13-18-10-7-16(2)12-19(18)27-15-17-8-9-17;/h7,10,12,17H,5-6,8-9,11,13-15H2,1-4H3,(H2,22,23,24);1H. The van der Waals surface area contributed by atoms with Crippen LogP contribution in [-0.2, 0) is 11.3 Å². The normalized spacial score (nSPS) is 13.5. The number of amides is 1. The molecule has 0 aromatic heterocycles. The van der Waals surface area contributed by atoms with Crippen LogP contribution >= 0.6 is 24.0 Å². The van der Waals surface area contributed by atoms with Crippen molar-refractivity contribution in [1.82, 2.24) is 15.5 Å². The molecule has 0 aliphatic heterocycles. The molecule has 7 heteroatoms. The van der Waals surface area contributed by atoms with Gasteiger partial charge in [-0.2, -0.15) is 0 Å². The van der Waals surface area contributed by atoms with Gasteiger partial charge in [-0.25, -0.2) is 4.99 Å². The van der Waals surface area contributed by atoms with Crippen LogP contribution in [0.3, 0.4) is 0 Å². The minimum absolute atomic E-state index is 0. The molecule has 0 bridgehead atoms. The minimum Gasteiger partial charge on any atom is -0.493 e. The fraction of sp³-hybridized carbons (Fsp3) is 0.619. The second kappa shape index (κ2) is 12.9. The maximum Gasteiger partial charge on any atom is 0.241 e. The van der Waals surface area contributed by atoms with Gasteiger partial charge in [0.05, 0.1) is 19.7 Å². The van der Waals surface area contributed by atoms with Crippen LogP contribution in [0.5, 0.6) is 5.75 Å². The monoisotopic (exact) mass is 502 g/mol. The van der Waals surface area contributed by atoms with Crippen LogP contribution < -0.4 is 15.4 Å². The highest BCUT2D eigenvalue weighted by Crippen LogP contribution is 2.30. The van der Waals surface area contributed by atoms with E-state index in [9.17, 15) is 4.79 Å². The Balaban J connectivity index is 0.00000392. The van der Waals surface area contributed by atoms with E-state index in [1.165, 1.54) is 18.4 Å². The summed E-state index contributed by atoms with van der Waals surface area (Å²) in [6.45, 7) is 6.58. The van der Waals surface area contributed by atoms with Crippen molar-refractivity contribution in [2.24, 2.45) is 10.9 Å². The lowest BCUT2D eigenvalue weighted by Crippen LogP contribution is -2.43. The van der Waals surface area contributed by atoms with Crippen LogP contribution in [0.2, 0.25) is 0 Å². The van der Waals surface area contributed by atoms with Crippen molar-refractivity contribution in [1.29, 1.82) is 0 Å². The number of likely N-dealkylation sites (N-methyl/N-ethyl adjacent to an activating group) is 1. The molecule has 0 spiro atoms. The Hall–Kier alpha value is -1.51. The molecule has 0 atom stereocenters. The molecule has 6 nitrogen and oxygen atoms in total. The predicted molar refractivity (Wildman–Crippen MR) is 126 cm³/mol. The highest BCUT2D eigenvalue weighted by Gasteiger charge is 2.22. The van der Waals surface area contributed by atoms with Crippen LogP contribution in [0.15, 0.2) is 23.2 Å². The van der Waals surface area contributed by atoms with Gasteiger partial charge in [0, 0.05) is 26.2 Å². The van der Waals surface area contributed by atoms with E-state index in [-0.39, 0.29) is 36.4 Å². The summed E-state index contributed by atoms with van der Waals surface area (Å²) in [5.74, 6) is 2.31. The summed E-state index contributed by atoms with van der Waals surface area (Å²) < 4.78 is 6.03. The number of aryl methyl sites for hydroxylation is 1. The van der Waals surface area contributed by atoms with E-state index in [0.29, 0.717) is 18.4 Å². The van der Waals surface area contributed by atoms with Crippen LogP contribution in [-0.4, -0.2) is 50.6 Å². The summed E-state index contributed by atoms with van der Waals surface area (Å²) in [5.41, 5.74) is 2.25. The fourth-order valence-electron chi connectivity index (χ4n) is 2.46. The molecule has 1 amide bonds. The summed E-state index contributed by atoms with van der Waals surface area (Å²) >= 11 is 0. The molecule has 1 aliphatic carbocycles. The summed E-state index contributed by atoms with van der Waals surface area (Å²) in [6, 6.07) is 6.25. The zero-order valence-corrected chi connectivity index (χ0v) is 19.9. The van der Waals surface area contributed by atoms with Crippen LogP contribution in [0.1, 0.15) is 43.7 Å². The number of hydrogen-bond acceptors (Lipinski definition) is 3. The Morgan fingerprint density at radius 1 is 1.29 bits per heavy atom. The quantitative estimate of drug-likeness (QED) is 0.223. The number of carbonyl (C=O) groups excluding carboxylic acids is 1. The van der Waals surface area contributed by atoms with Crippen molar-refractivity contribution in [3.8, 4) is 5.75 Å². The molecular weight excluding hydrogens is 467 g/mol. The van der Waals surface area contributed by atoms with Crippen LogP contribution in [0.4, 0.5) is 0 Å². The largest absolute Gasteiger partial charge is 0.493 e. The average Bonchev–Trinajstić information content (AvgIpc) is 3.47. The molecule has 1 aromatic carbocycles. The van der Waals surface area contributed by atoms with Crippen molar-refractivity contribution in [2.45, 2.75) is 46.1 Å². The molecule has 0 heterocycles. The van der Waals surface area contributed by atoms with Crippen molar-refractivity contribution < 1.29 is 9.53 Å². The molecule has 0 radical (unpaired) electrons. The van der Waals surface area contributed by atoms with Crippen molar-refractivity contribution in [2.75, 3.05) is 33.8 Å². The second-order valence-electron chi connectivity index (χ2n) is 7.45. The Morgan fingerprint density at radius 2 is 2.04 bits per heavy atom.